The van der Waals surface area contributed by atoms with Gasteiger partial charge in [0.05, 0.1) is 5.56 Å². The summed E-state index contributed by atoms with van der Waals surface area (Å²) < 4.78 is 5.80. The number of benzene rings is 2. The lowest BCUT2D eigenvalue weighted by atomic mass is 9.93. The van der Waals surface area contributed by atoms with Crippen LogP contribution in [0.3, 0.4) is 0 Å². The molecule has 2 aliphatic carbocycles. The van der Waals surface area contributed by atoms with E-state index in [1.807, 2.05) is 42.5 Å². The molecular weight excluding hydrogens is 284 g/mol. The number of allylic oxidation sites excluding steroid dienone is 1. The summed E-state index contributed by atoms with van der Waals surface area (Å²) in [5.41, 5.74) is 2.89. The second kappa shape index (κ2) is 5.69. The lowest BCUT2D eigenvalue weighted by Crippen LogP contribution is -2.28. The Morgan fingerprint density at radius 3 is 2.22 bits per heavy atom. The van der Waals surface area contributed by atoms with E-state index in [1.54, 1.807) is 0 Å². The first-order valence-corrected chi connectivity index (χ1v) is 8.27. The Hall–Kier alpha value is -2.35. The Labute approximate surface area is 136 Å². The first-order chi connectivity index (χ1) is 11.2. The number of carbonyl (C=O) groups excluding carboxylic acids is 1. The molecule has 0 N–H and O–H groups in total. The summed E-state index contributed by atoms with van der Waals surface area (Å²) in [6, 6.07) is 17.8. The molecule has 23 heavy (non-hydrogen) atoms. The number of hydrogen-bond acceptors (Lipinski definition) is 2. The van der Waals surface area contributed by atoms with E-state index in [-0.39, 0.29) is 12.1 Å². The van der Waals surface area contributed by atoms with Crippen LogP contribution < -0.4 is 0 Å². The highest BCUT2D eigenvalue weighted by molar-refractivity contribution is 5.90. The molecule has 116 valence electrons. The van der Waals surface area contributed by atoms with Crippen LogP contribution in [0.4, 0.5) is 0 Å². The number of ether oxygens (including phenoxy) is 1. The largest absolute Gasteiger partial charge is 0.458 e. The average Bonchev–Trinajstić information content (AvgIpc) is 3.19. The number of esters is 1. The highest BCUT2D eigenvalue weighted by Gasteiger charge is 2.44. The highest BCUT2D eigenvalue weighted by atomic mass is 16.5. The molecule has 4 rings (SSSR count). The normalized spacial score (nSPS) is 28.0. The fourth-order valence-electron chi connectivity index (χ4n) is 3.84. The van der Waals surface area contributed by atoms with Crippen molar-refractivity contribution in [2.24, 2.45) is 17.8 Å². The molecule has 0 saturated heterocycles. The fraction of sp³-hybridized carbons (Fsp3) is 0.286. The van der Waals surface area contributed by atoms with Crippen molar-refractivity contribution < 1.29 is 9.53 Å². The van der Waals surface area contributed by atoms with Crippen molar-refractivity contribution >= 4 is 5.97 Å². The predicted molar refractivity (Wildman–Crippen MR) is 91.0 cm³/mol. The third-order valence-corrected chi connectivity index (χ3v) is 5.24. The maximum absolute atomic E-state index is 12.4. The molecule has 0 spiro atoms. The van der Waals surface area contributed by atoms with Gasteiger partial charge < -0.3 is 4.74 Å². The van der Waals surface area contributed by atoms with E-state index >= 15 is 0 Å². The van der Waals surface area contributed by atoms with Crippen LogP contribution in [0, 0.1) is 17.8 Å². The summed E-state index contributed by atoms with van der Waals surface area (Å²) in [5.74, 6) is 1.21. The number of rotatable bonds is 3. The summed E-state index contributed by atoms with van der Waals surface area (Å²) in [6.45, 7) is 2.19. The number of hydrogen-bond donors (Lipinski definition) is 0. The Morgan fingerprint density at radius 2 is 1.57 bits per heavy atom. The van der Waals surface area contributed by atoms with Gasteiger partial charge in [0.2, 0.25) is 0 Å². The van der Waals surface area contributed by atoms with E-state index in [4.69, 9.17) is 4.74 Å². The molecule has 0 aliphatic heterocycles. The van der Waals surface area contributed by atoms with Gasteiger partial charge in [-0.15, -0.1) is 0 Å². The molecule has 2 aromatic rings. The molecule has 2 aromatic carbocycles. The quantitative estimate of drug-likeness (QED) is 0.606. The fourth-order valence-corrected chi connectivity index (χ4v) is 3.84. The minimum Gasteiger partial charge on any atom is -0.458 e. The Kier molecular flexibility index (Phi) is 3.53. The van der Waals surface area contributed by atoms with Gasteiger partial charge in [0.25, 0.3) is 0 Å². The van der Waals surface area contributed by atoms with Gasteiger partial charge in [0.15, 0.2) is 0 Å². The van der Waals surface area contributed by atoms with Crippen LogP contribution in [-0.4, -0.2) is 12.1 Å². The zero-order valence-corrected chi connectivity index (χ0v) is 13.2. The molecule has 1 fully saturated rings. The molecule has 4 unspecified atom stereocenters. The zero-order valence-electron chi connectivity index (χ0n) is 13.2. The van der Waals surface area contributed by atoms with E-state index in [0.29, 0.717) is 23.3 Å². The van der Waals surface area contributed by atoms with Crippen molar-refractivity contribution in [3.63, 3.8) is 0 Å². The Morgan fingerprint density at radius 1 is 0.913 bits per heavy atom. The van der Waals surface area contributed by atoms with Gasteiger partial charge in [-0.1, -0.05) is 61.5 Å². The Balaban J connectivity index is 1.48. The third kappa shape index (κ3) is 2.59. The molecule has 0 amide bonds. The molecule has 1 saturated carbocycles. The molecule has 2 aliphatic rings. The van der Waals surface area contributed by atoms with Crippen LogP contribution >= 0.6 is 0 Å². The van der Waals surface area contributed by atoms with E-state index in [2.05, 4.69) is 31.2 Å². The monoisotopic (exact) mass is 304 g/mol. The smallest absolute Gasteiger partial charge is 0.338 e. The first-order valence-electron chi connectivity index (χ1n) is 8.27. The topological polar surface area (TPSA) is 26.3 Å². The maximum Gasteiger partial charge on any atom is 0.338 e. The molecule has 2 nitrogen and oxygen atoms in total. The van der Waals surface area contributed by atoms with E-state index < -0.39 is 0 Å². The molecule has 0 radical (unpaired) electrons. The first kappa shape index (κ1) is 14.3. The van der Waals surface area contributed by atoms with Crippen LogP contribution in [0.15, 0.2) is 66.7 Å². The van der Waals surface area contributed by atoms with Crippen molar-refractivity contribution in [2.45, 2.75) is 19.4 Å². The lowest BCUT2D eigenvalue weighted by molar-refractivity contribution is 0.0122. The number of fused-ring (bicyclic) bond motifs is 2. The van der Waals surface area contributed by atoms with Crippen LogP contribution in [0.2, 0.25) is 0 Å². The van der Waals surface area contributed by atoms with Gasteiger partial charge in [-0.25, -0.2) is 4.79 Å². The predicted octanol–water partition coefficient (Wildman–Crippen LogP) is 4.72. The van der Waals surface area contributed by atoms with Crippen molar-refractivity contribution in [1.82, 2.24) is 0 Å². The summed E-state index contributed by atoms with van der Waals surface area (Å²) in [7, 11) is 0. The van der Waals surface area contributed by atoms with Gasteiger partial charge in [-0.05, 0) is 35.6 Å². The van der Waals surface area contributed by atoms with Gasteiger partial charge in [0, 0.05) is 11.8 Å². The molecule has 0 aromatic heterocycles. The Bertz CT molecular complexity index is 730. The van der Waals surface area contributed by atoms with Gasteiger partial charge in [-0.2, -0.15) is 0 Å². The minimum atomic E-state index is -0.206. The molecule has 0 heterocycles. The molecule has 2 heteroatoms. The van der Waals surface area contributed by atoms with E-state index in [1.165, 1.54) is 0 Å². The van der Waals surface area contributed by atoms with Gasteiger partial charge in [0.1, 0.15) is 6.10 Å². The van der Waals surface area contributed by atoms with Crippen molar-refractivity contribution in [3.8, 4) is 11.1 Å². The standard InChI is InChI=1S/C21H20O2/c1-14-18-11-12-19(13-18)20(14)23-21(22)17-9-7-16(8-10-17)15-5-3-2-4-6-15/h2-12,14,18-20H,13H2,1H3. The highest BCUT2D eigenvalue weighted by Crippen LogP contribution is 2.45. The van der Waals surface area contributed by atoms with Crippen LogP contribution in [0.1, 0.15) is 23.7 Å². The second-order valence-electron chi connectivity index (χ2n) is 6.62. The summed E-state index contributed by atoms with van der Waals surface area (Å²) in [5, 5.41) is 0. The van der Waals surface area contributed by atoms with E-state index in [0.717, 1.165) is 17.5 Å². The minimum absolute atomic E-state index is 0.0336. The summed E-state index contributed by atoms with van der Waals surface area (Å²) in [4.78, 5) is 12.4. The maximum atomic E-state index is 12.4. The number of carbonyl (C=O) groups is 1. The third-order valence-electron chi connectivity index (χ3n) is 5.24. The molecule has 4 atom stereocenters. The molecule has 2 bridgehead atoms. The summed E-state index contributed by atoms with van der Waals surface area (Å²) in [6.07, 6.45) is 5.65. The van der Waals surface area contributed by atoms with Crippen LogP contribution in [0.25, 0.3) is 11.1 Å². The van der Waals surface area contributed by atoms with Gasteiger partial charge in [-0.3, -0.25) is 0 Å². The summed E-state index contributed by atoms with van der Waals surface area (Å²) >= 11 is 0. The zero-order chi connectivity index (χ0) is 15.8. The van der Waals surface area contributed by atoms with Crippen molar-refractivity contribution in [1.29, 1.82) is 0 Å². The van der Waals surface area contributed by atoms with Crippen LogP contribution in [0.5, 0.6) is 0 Å². The lowest BCUT2D eigenvalue weighted by Gasteiger charge is -2.24. The molecular formula is C21H20O2. The van der Waals surface area contributed by atoms with E-state index in [9.17, 15) is 4.79 Å². The van der Waals surface area contributed by atoms with Gasteiger partial charge >= 0.3 is 5.97 Å². The van der Waals surface area contributed by atoms with Crippen molar-refractivity contribution in [2.75, 3.05) is 0 Å². The van der Waals surface area contributed by atoms with Crippen molar-refractivity contribution in [3.05, 3.63) is 72.3 Å². The SMILES string of the molecule is CC1C2C=CC(C2)C1OC(=O)c1ccc(-c2ccccc2)cc1. The second-order valence-corrected chi connectivity index (χ2v) is 6.62. The van der Waals surface area contributed by atoms with Crippen LogP contribution in [-0.2, 0) is 4.74 Å². The average molecular weight is 304 g/mol.